The number of fused-ring (bicyclic) bond motifs is 1. The highest BCUT2D eigenvalue weighted by atomic mass is 15.2. The van der Waals surface area contributed by atoms with Gasteiger partial charge >= 0.3 is 0 Å². The average Bonchev–Trinajstić information content (AvgIpc) is 2.95. The molecule has 1 aliphatic heterocycles. The number of hydrogen-bond acceptors (Lipinski definition) is 2. The Morgan fingerprint density at radius 1 is 1.38 bits per heavy atom. The molecule has 0 unspecified atom stereocenters. The van der Waals surface area contributed by atoms with Gasteiger partial charge in [-0.1, -0.05) is 13.8 Å². The van der Waals surface area contributed by atoms with E-state index in [4.69, 9.17) is 4.98 Å². The first-order valence-electron chi connectivity index (χ1n) is 6.50. The smallest absolute Gasteiger partial charge is 0.123 e. The van der Waals surface area contributed by atoms with Crippen LogP contribution in [0, 0.1) is 5.92 Å². The Bertz CT molecular complexity index is 377. The first kappa shape index (κ1) is 10.3. The summed E-state index contributed by atoms with van der Waals surface area (Å²) in [6.07, 6.45) is 5.14. The number of imidazole rings is 1. The molecule has 0 atom stereocenters. The summed E-state index contributed by atoms with van der Waals surface area (Å²) in [6, 6.07) is 0. The zero-order valence-corrected chi connectivity index (χ0v) is 10.3. The van der Waals surface area contributed by atoms with Gasteiger partial charge in [-0.3, -0.25) is 4.90 Å². The molecule has 0 N–H and O–H groups in total. The highest BCUT2D eigenvalue weighted by molar-refractivity contribution is 5.09. The van der Waals surface area contributed by atoms with Crippen molar-refractivity contribution in [2.45, 2.75) is 45.7 Å². The summed E-state index contributed by atoms with van der Waals surface area (Å²) in [5.41, 5.74) is 1.25. The van der Waals surface area contributed by atoms with Crippen LogP contribution in [0.15, 0.2) is 6.20 Å². The van der Waals surface area contributed by atoms with Gasteiger partial charge in [-0.15, -0.1) is 0 Å². The minimum Gasteiger partial charge on any atom is -0.332 e. The number of rotatable bonds is 3. The molecule has 16 heavy (non-hydrogen) atoms. The molecule has 3 rings (SSSR count). The van der Waals surface area contributed by atoms with Gasteiger partial charge < -0.3 is 4.57 Å². The van der Waals surface area contributed by atoms with Gasteiger partial charge in [0.1, 0.15) is 5.82 Å². The van der Waals surface area contributed by atoms with E-state index in [-0.39, 0.29) is 0 Å². The second-order valence-electron chi connectivity index (χ2n) is 5.61. The molecule has 2 aliphatic rings. The lowest BCUT2D eigenvalue weighted by molar-refractivity contribution is 0.209. The maximum Gasteiger partial charge on any atom is 0.123 e. The summed E-state index contributed by atoms with van der Waals surface area (Å²) in [7, 11) is 0. The van der Waals surface area contributed by atoms with E-state index in [1.165, 1.54) is 37.4 Å². The predicted molar refractivity (Wildman–Crippen MR) is 64.3 cm³/mol. The highest BCUT2D eigenvalue weighted by Crippen LogP contribution is 2.30. The second-order valence-corrected chi connectivity index (χ2v) is 5.61. The molecular formula is C13H21N3. The van der Waals surface area contributed by atoms with E-state index in [2.05, 4.69) is 29.5 Å². The summed E-state index contributed by atoms with van der Waals surface area (Å²) >= 11 is 0. The molecule has 0 spiro atoms. The third-order valence-corrected chi connectivity index (χ3v) is 3.70. The molecule has 1 fully saturated rings. The Morgan fingerprint density at radius 3 is 2.88 bits per heavy atom. The normalized spacial score (nSPS) is 21.4. The molecule has 3 nitrogen and oxygen atoms in total. The lowest BCUT2D eigenvalue weighted by Gasteiger charge is -2.27. The first-order chi connectivity index (χ1) is 7.72. The van der Waals surface area contributed by atoms with E-state index in [0.29, 0.717) is 5.92 Å². The molecule has 88 valence electrons. The molecule has 2 heterocycles. The van der Waals surface area contributed by atoms with Crippen LogP contribution in [-0.4, -0.2) is 27.5 Å². The van der Waals surface area contributed by atoms with Crippen molar-refractivity contribution in [2.75, 3.05) is 13.1 Å². The molecule has 0 aromatic carbocycles. The third-order valence-electron chi connectivity index (χ3n) is 3.70. The van der Waals surface area contributed by atoms with Gasteiger partial charge in [-0.05, 0) is 24.7 Å². The number of aromatic nitrogens is 2. The van der Waals surface area contributed by atoms with Crippen LogP contribution < -0.4 is 0 Å². The van der Waals surface area contributed by atoms with Gasteiger partial charge in [-0.2, -0.15) is 0 Å². The highest BCUT2D eigenvalue weighted by Gasteiger charge is 2.27. The maximum absolute atomic E-state index is 4.75. The van der Waals surface area contributed by atoms with Gasteiger partial charge in [0.2, 0.25) is 0 Å². The van der Waals surface area contributed by atoms with Crippen LogP contribution in [0.2, 0.25) is 0 Å². The van der Waals surface area contributed by atoms with Crippen molar-refractivity contribution in [2.24, 2.45) is 5.92 Å². The molecule has 0 bridgehead atoms. The van der Waals surface area contributed by atoms with Gasteiger partial charge in [0, 0.05) is 25.8 Å². The lowest BCUT2D eigenvalue weighted by Crippen LogP contribution is -2.34. The van der Waals surface area contributed by atoms with E-state index < -0.39 is 0 Å². The summed E-state index contributed by atoms with van der Waals surface area (Å²) in [5, 5.41) is 0. The fraction of sp³-hybridized carbons (Fsp3) is 0.769. The van der Waals surface area contributed by atoms with E-state index in [1.807, 2.05) is 0 Å². The Hall–Kier alpha value is -0.830. The van der Waals surface area contributed by atoms with E-state index in [1.54, 1.807) is 0 Å². The molecule has 1 aromatic rings. The van der Waals surface area contributed by atoms with Gasteiger partial charge in [-0.25, -0.2) is 4.98 Å². The van der Waals surface area contributed by atoms with Crippen LogP contribution in [-0.2, 0) is 13.1 Å². The summed E-state index contributed by atoms with van der Waals surface area (Å²) in [4.78, 5) is 7.32. The fourth-order valence-electron chi connectivity index (χ4n) is 2.42. The van der Waals surface area contributed by atoms with Crippen LogP contribution >= 0.6 is 0 Å². The van der Waals surface area contributed by atoms with Crippen molar-refractivity contribution in [3.05, 3.63) is 17.7 Å². The average molecular weight is 219 g/mol. The Balaban J connectivity index is 1.72. The van der Waals surface area contributed by atoms with Crippen molar-refractivity contribution in [3.8, 4) is 0 Å². The van der Waals surface area contributed by atoms with Crippen LogP contribution in [0.25, 0.3) is 0 Å². The quantitative estimate of drug-likeness (QED) is 0.777. The molecule has 0 amide bonds. The zero-order valence-electron chi connectivity index (χ0n) is 10.3. The van der Waals surface area contributed by atoms with Crippen LogP contribution in [0.1, 0.15) is 44.1 Å². The van der Waals surface area contributed by atoms with Gasteiger partial charge in [0.15, 0.2) is 0 Å². The topological polar surface area (TPSA) is 21.1 Å². The molecule has 0 saturated heterocycles. The van der Waals surface area contributed by atoms with Crippen LogP contribution in [0.3, 0.4) is 0 Å². The monoisotopic (exact) mass is 219 g/mol. The molecule has 1 aliphatic carbocycles. The second kappa shape index (κ2) is 3.88. The predicted octanol–water partition coefficient (Wildman–Crippen LogP) is 2.23. The van der Waals surface area contributed by atoms with Crippen LogP contribution in [0.5, 0.6) is 0 Å². The standard InChI is InChI=1S/C13H21N3/c1-10(2)12-8-16-6-5-15(7-11-3-4-11)9-13(16)14-12/h8,10-11H,3-7,9H2,1-2H3. The Morgan fingerprint density at radius 2 is 2.19 bits per heavy atom. The Labute approximate surface area is 97.5 Å². The van der Waals surface area contributed by atoms with Crippen molar-refractivity contribution in [1.29, 1.82) is 0 Å². The van der Waals surface area contributed by atoms with E-state index in [9.17, 15) is 0 Å². The van der Waals surface area contributed by atoms with Crippen molar-refractivity contribution in [1.82, 2.24) is 14.5 Å². The van der Waals surface area contributed by atoms with Crippen LogP contribution in [0.4, 0.5) is 0 Å². The van der Waals surface area contributed by atoms with Gasteiger partial charge in [0.25, 0.3) is 0 Å². The minimum atomic E-state index is 0.551. The van der Waals surface area contributed by atoms with Crippen molar-refractivity contribution < 1.29 is 0 Å². The fourth-order valence-corrected chi connectivity index (χ4v) is 2.42. The molecule has 0 radical (unpaired) electrons. The minimum absolute atomic E-state index is 0.551. The van der Waals surface area contributed by atoms with Crippen molar-refractivity contribution in [3.63, 3.8) is 0 Å². The van der Waals surface area contributed by atoms with Crippen molar-refractivity contribution >= 4 is 0 Å². The first-order valence-corrected chi connectivity index (χ1v) is 6.50. The molecule has 3 heteroatoms. The number of hydrogen-bond donors (Lipinski definition) is 0. The SMILES string of the molecule is CC(C)c1cn2c(n1)CN(CC1CC1)CC2. The van der Waals surface area contributed by atoms with Gasteiger partial charge in [0.05, 0.1) is 12.2 Å². The number of nitrogens with zero attached hydrogens (tertiary/aromatic N) is 3. The zero-order chi connectivity index (χ0) is 11.1. The largest absolute Gasteiger partial charge is 0.332 e. The summed E-state index contributed by atoms with van der Waals surface area (Å²) < 4.78 is 2.35. The summed E-state index contributed by atoms with van der Waals surface area (Å²) in [6.45, 7) is 9.12. The lowest BCUT2D eigenvalue weighted by atomic mass is 10.2. The summed E-state index contributed by atoms with van der Waals surface area (Å²) in [5.74, 6) is 2.82. The molecule has 1 aromatic heterocycles. The molecular weight excluding hydrogens is 198 g/mol. The molecule has 1 saturated carbocycles. The Kier molecular flexibility index (Phi) is 2.51. The third kappa shape index (κ3) is 2.01. The van der Waals surface area contributed by atoms with E-state index in [0.717, 1.165) is 19.0 Å². The maximum atomic E-state index is 4.75. The van der Waals surface area contributed by atoms with E-state index >= 15 is 0 Å².